The van der Waals surface area contributed by atoms with E-state index >= 15 is 0 Å². The van der Waals surface area contributed by atoms with E-state index in [2.05, 4.69) is 26.3 Å². The summed E-state index contributed by atoms with van der Waals surface area (Å²) in [5.74, 6) is -1.49. The molecular weight excluding hydrogens is 553 g/mol. The number of aliphatic imine (C=N–C) groups is 1. The molecule has 3 aromatic rings. The summed E-state index contributed by atoms with van der Waals surface area (Å²) < 4.78 is 40.9. The molecule has 1 saturated heterocycles. The van der Waals surface area contributed by atoms with Gasteiger partial charge >= 0.3 is 18.2 Å². The topological polar surface area (TPSA) is 132 Å². The highest BCUT2D eigenvalue weighted by molar-refractivity contribution is 6.20. The number of urea groups is 2. The minimum absolute atomic E-state index is 0.0164. The van der Waals surface area contributed by atoms with Gasteiger partial charge in [-0.05, 0) is 29.3 Å². The average molecular weight is 577 g/mol. The molecule has 0 saturated carbocycles. The lowest BCUT2D eigenvalue weighted by Gasteiger charge is -2.26. The molecule has 6 amide bonds. The van der Waals surface area contributed by atoms with Gasteiger partial charge in [-0.2, -0.15) is 13.2 Å². The van der Waals surface area contributed by atoms with Gasteiger partial charge in [-0.25, -0.2) is 14.6 Å². The number of hydrogen-bond donors (Lipinski definition) is 4. The maximum absolute atomic E-state index is 13.6. The second-order valence-electron chi connectivity index (χ2n) is 10.2. The summed E-state index contributed by atoms with van der Waals surface area (Å²) in [5, 5.41) is 9.92. The van der Waals surface area contributed by atoms with E-state index in [0.717, 1.165) is 11.1 Å². The lowest BCUT2D eigenvalue weighted by atomic mass is 9.96. The Balaban J connectivity index is 1.28. The number of carbonyl (C=O) groups is 4. The monoisotopic (exact) mass is 576 g/mol. The molecule has 1 spiro atoms. The smallest absolute Gasteiger partial charge is 0.323 e. The van der Waals surface area contributed by atoms with E-state index in [4.69, 9.17) is 0 Å². The van der Waals surface area contributed by atoms with E-state index in [1.54, 1.807) is 60.7 Å². The second kappa shape index (κ2) is 10.0. The van der Waals surface area contributed by atoms with E-state index in [1.165, 1.54) is 12.1 Å². The zero-order valence-electron chi connectivity index (χ0n) is 21.8. The molecule has 2 unspecified atom stereocenters. The van der Waals surface area contributed by atoms with E-state index in [1.807, 2.05) is 0 Å². The summed E-state index contributed by atoms with van der Waals surface area (Å²) in [6, 6.07) is 18.3. The first-order valence-electron chi connectivity index (χ1n) is 12.9. The number of benzene rings is 3. The summed E-state index contributed by atoms with van der Waals surface area (Å²) in [5.41, 5.74) is 1.89. The first-order valence-corrected chi connectivity index (χ1v) is 12.9. The highest BCUT2D eigenvalue weighted by atomic mass is 19.4. The summed E-state index contributed by atoms with van der Waals surface area (Å²) in [6.07, 6.45) is -5.89. The van der Waals surface area contributed by atoms with Crippen LogP contribution in [0.15, 0.2) is 77.8 Å². The number of hydrogen-bond acceptors (Lipinski definition) is 5. The van der Waals surface area contributed by atoms with Gasteiger partial charge in [0.1, 0.15) is 12.1 Å². The van der Waals surface area contributed by atoms with E-state index in [9.17, 15) is 32.3 Å². The van der Waals surface area contributed by atoms with Crippen LogP contribution in [0.5, 0.6) is 0 Å². The van der Waals surface area contributed by atoms with Gasteiger partial charge in [0.15, 0.2) is 0 Å². The number of amides is 6. The van der Waals surface area contributed by atoms with Crippen molar-refractivity contribution in [3.05, 3.63) is 95.1 Å². The zero-order valence-corrected chi connectivity index (χ0v) is 21.8. The minimum atomic E-state index is -4.72. The van der Waals surface area contributed by atoms with Gasteiger partial charge in [-0.1, -0.05) is 54.6 Å². The van der Waals surface area contributed by atoms with E-state index in [-0.39, 0.29) is 24.2 Å². The van der Waals surface area contributed by atoms with Crippen molar-refractivity contribution in [2.75, 3.05) is 16.8 Å². The number of nitrogens with zero attached hydrogens (tertiary/aromatic N) is 2. The molecule has 4 N–H and O–H groups in total. The van der Waals surface area contributed by atoms with Crippen molar-refractivity contribution in [1.82, 2.24) is 16.0 Å². The molecule has 2 atom stereocenters. The van der Waals surface area contributed by atoms with Gasteiger partial charge in [-0.3, -0.25) is 19.8 Å². The van der Waals surface area contributed by atoms with Crippen LogP contribution in [0.4, 0.5) is 34.1 Å². The van der Waals surface area contributed by atoms with Crippen molar-refractivity contribution in [3.8, 4) is 0 Å². The Hall–Kier alpha value is -5.20. The molecule has 6 rings (SSSR count). The average Bonchev–Trinajstić information content (AvgIpc) is 3.41. The Morgan fingerprint density at radius 3 is 2.40 bits per heavy atom. The van der Waals surface area contributed by atoms with Gasteiger partial charge in [0.25, 0.3) is 11.8 Å². The number of fused-ring (bicyclic) bond motifs is 2. The largest absolute Gasteiger partial charge is 0.406 e. The number of halogens is 3. The lowest BCUT2D eigenvalue weighted by molar-refractivity contribution is -0.133. The molecule has 13 heteroatoms. The van der Waals surface area contributed by atoms with Crippen LogP contribution in [-0.4, -0.2) is 54.0 Å². The highest BCUT2D eigenvalue weighted by Gasteiger charge is 2.50. The van der Waals surface area contributed by atoms with Crippen molar-refractivity contribution in [2.45, 2.75) is 30.7 Å². The first kappa shape index (κ1) is 27.0. The molecule has 0 bridgehead atoms. The number of anilines is 2. The molecule has 0 aromatic heterocycles. The van der Waals surface area contributed by atoms with Crippen LogP contribution in [0.3, 0.4) is 0 Å². The fraction of sp³-hybridized carbons (Fsp3) is 0.207. The third kappa shape index (κ3) is 5.04. The third-order valence-electron chi connectivity index (χ3n) is 7.32. The van der Waals surface area contributed by atoms with Crippen molar-refractivity contribution in [3.63, 3.8) is 0 Å². The maximum atomic E-state index is 13.6. The van der Waals surface area contributed by atoms with Gasteiger partial charge in [0.2, 0.25) is 6.17 Å². The summed E-state index contributed by atoms with van der Waals surface area (Å²) in [7, 11) is 0. The zero-order chi connectivity index (χ0) is 29.6. The summed E-state index contributed by atoms with van der Waals surface area (Å²) >= 11 is 0. The Bertz CT molecular complexity index is 1660. The SMILES string of the molecule is O=C(Nc1ccc2c(c1)CC1(C2)NC(=O)NC1=O)NC1N=C(c2ccccc2)c2ccccc2N(CC(F)(F)F)C1=O. The maximum Gasteiger partial charge on any atom is 0.406 e. The summed E-state index contributed by atoms with van der Waals surface area (Å²) in [4.78, 5) is 55.7. The quantitative estimate of drug-likeness (QED) is 0.355. The van der Waals surface area contributed by atoms with Crippen molar-refractivity contribution >= 4 is 41.0 Å². The molecule has 0 radical (unpaired) electrons. The van der Waals surface area contributed by atoms with Gasteiger partial charge in [0, 0.05) is 29.7 Å². The van der Waals surface area contributed by atoms with Crippen LogP contribution in [0.1, 0.15) is 22.3 Å². The molecule has 3 aromatic carbocycles. The molecule has 3 aliphatic rings. The number of benzodiazepines with no additional fused rings is 1. The number of para-hydroxylation sites is 1. The predicted octanol–water partition coefficient (Wildman–Crippen LogP) is 3.26. The fourth-order valence-electron chi connectivity index (χ4n) is 5.51. The van der Waals surface area contributed by atoms with Gasteiger partial charge in [0.05, 0.1) is 11.4 Å². The second-order valence-corrected chi connectivity index (χ2v) is 10.2. The number of alkyl halides is 3. The first-order chi connectivity index (χ1) is 20.0. The molecule has 42 heavy (non-hydrogen) atoms. The summed E-state index contributed by atoms with van der Waals surface area (Å²) in [6.45, 7) is -1.57. The fourth-order valence-corrected chi connectivity index (χ4v) is 5.51. The highest BCUT2D eigenvalue weighted by Crippen LogP contribution is 2.34. The van der Waals surface area contributed by atoms with Crippen LogP contribution >= 0.6 is 0 Å². The Morgan fingerprint density at radius 2 is 1.69 bits per heavy atom. The molecule has 1 fully saturated rings. The Kier molecular flexibility index (Phi) is 6.44. The standard InChI is InChI=1S/C29H23F3N6O4/c30-29(31,32)15-38-21-9-5-4-8-20(21)22(16-6-2-1-3-7-16)34-23(24(38)39)35-26(41)33-19-11-10-17-13-28(14-18(17)12-19)25(40)36-27(42)37-28/h1-12,23H,13-15H2,(H2,33,35,41)(H2,36,37,40,42). The number of rotatable bonds is 4. The third-order valence-corrected chi connectivity index (χ3v) is 7.32. The normalized spacial score (nSPS) is 21.2. The van der Waals surface area contributed by atoms with E-state index in [0.29, 0.717) is 21.7 Å². The van der Waals surface area contributed by atoms with E-state index < -0.39 is 48.3 Å². The van der Waals surface area contributed by atoms with Crippen LogP contribution in [0, 0.1) is 0 Å². The number of imide groups is 1. The predicted molar refractivity (Wildman–Crippen MR) is 146 cm³/mol. The van der Waals surface area contributed by atoms with Crippen molar-refractivity contribution < 1.29 is 32.3 Å². The molecule has 2 heterocycles. The van der Waals surface area contributed by atoms with Crippen molar-refractivity contribution in [1.29, 1.82) is 0 Å². The number of nitrogens with one attached hydrogen (secondary N) is 4. The van der Waals surface area contributed by atoms with Crippen LogP contribution in [0.2, 0.25) is 0 Å². The van der Waals surface area contributed by atoms with Crippen LogP contribution < -0.4 is 26.2 Å². The van der Waals surface area contributed by atoms with Crippen LogP contribution in [0.25, 0.3) is 0 Å². The Labute approximate surface area is 237 Å². The Morgan fingerprint density at radius 1 is 0.976 bits per heavy atom. The van der Waals surface area contributed by atoms with Crippen LogP contribution in [-0.2, 0) is 22.4 Å². The molecular formula is C29H23F3N6O4. The molecule has 2 aliphatic heterocycles. The minimum Gasteiger partial charge on any atom is -0.323 e. The molecule has 214 valence electrons. The lowest BCUT2D eigenvalue weighted by Crippen LogP contribution is -2.50. The van der Waals surface area contributed by atoms with Gasteiger partial charge < -0.3 is 16.0 Å². The van der Waals surface area contributed by atoms with Gasteiger partial charge in [-0.15, -0.1) is 0 Å². The van der Waals surface area contributed by atoms with Crippen molar-refractivity contribution in [2.24, 2.45) is 4.99 Å². The molecule has 10 nitrogen and oxygen atoms in total. The number of carbonyl (C=O) groups excluding carboxylic acids is 4. The molecule has 1 aliphatic carbocycles.